The number of aromatic nitrogens is 3. The van der Waals surface area contributed by atoms with Crippen molar-refractivity contribution in [3.05, 3.63) is 65.1 Å². The molecule has 3 aromatic rings. The standard InChI is InChI=1S/C19H22N4/c1-14-16(11-20-21-14)12-23-10-8-15-5-3-6-17(18(15)13-23)19-7-4-9-22(19)2/h3-7,9,11H,8,10,12-13H2,1-2H3,(H,20,21). The van der Waals surface area contributed by atoms with E-state index >= 15 is 0 Å². The summed E-state index contributed by atoms with van der Waals surface area (Å²) >= 11 is 0. The molecule has 1 aliphatic heterocycles. The third-order valence-electron chi connectivity index (χ3n) is 4.90. The molecule has 1 aromatic carbocycles. The van der Waals surface area contributed by atoms with Crippen LogP contribution in [0.2, 0.25) is 0 Å². The zero-order valence-electron chi connectivity index (χ0n) is 13.7. The van der Waals surface area contributed by atoms with Crippen LogP contribution < -0.4 is 0 Å². The maximum atomic E-state index is 4.15. The molecule has 4 heteroatoms. The van der Waals surface area contributed by atoms with Crippen molar-refractivity contribution in [2.24, 2.45) is 7.05 Å². The molecule has 0 saturated carbocycles. The molecule has 0 saturated heterocycles. The smallest absolute Gasteiger partial charge is 0.0535 e. The first-order valence-corrected chi connectivity index (χ1v) is 8.16. The Labute approximate surface area is 136 Å². The topological polar surface area (TPSA) is 36.9 Å². The summed E-state index contributed by atoms with van der Waals surface area (Å²) in [4.78, 5) is 2.52. The van der Waals surface area contributed by atoms with Crippen LogP contribution in [0, 0.1) is 6.92 Å². The van der Waals surface area contributed by atoms with Crippen molar-refractivity contribution in [2.45, 2.75) is 26.4 Å². The number of hydrogen-bond acceptors (Lipinski definition) is 2. The van der Waals surface area contributed by atoms with Crippen molar-refractivity contribution >= 4 is 0 Å². The largest absolute Gasteiger partial charge is 0.351 e. The first kappa shape index (κ1) is 14.3. The number of H-pyrrole nitrogens is 1. The van der Waals surface area contributed by atoms with Crippen LogP contribution in [0.4, 0.5) is 0 Å². The highest BCUT2D eigenvalue weighted by atomic mass is 15.1. The Balaban J connectivity index is 1.66. The summed E-state index contributed by atoms with van der Waals surface area (Å²) in [5.74, 6) is 0. The predicted molar refractivity (Wildman–Crippen MR) is 92.0 cm³/mol. The maximum Gasteiger partial charge on any atom is 0.0535 e. The Kier molecular flexibility index (Phi) is 3.54. The summed E-state index contributed by atoms with van der Waals surface area (Å²) in [5.41, 5.74) is 8.09. The monoisotopic (exact) mass is 306 g/mol. The quantitative estimate of drug-likeness (QED) is 0.806. The molecular weight excluding hydrogens is 284 g/mol. The third-order valence-corrected chi connectivity index (χ3v) is 4.90. The van der Waals surface area contributed by atoms with Gasteiger partial charge in [-0.15, -0.1) is 0 Å². The number of aryl methyl sites for hydroxylation is 2. The molecule has 0 aliphatic carbocycles. The number of benzene rings is 1. The van der Waals surface area contributed by atoms with E-state index in [0.717, 1.165) is 26.1 Å². The van der Waals surface area contributed by atoms with E-state index in [4.69, 9.17) is 0 Å². The number of nitrogens with one attached hydrogen (secondary N) is 1. The maximum absolute atomic E-state index is 4.15. The highest BCUT2D eigenvalue weighted by molar-refractivity contribution is 5.66. The minimum Gasteiger partial charge on any atom is -0.351 e. The summed E-state index contributed by atoms with van der Waals surface area (Å²) < 4.78 is 2.20. The molecule has 0 fully saturated rings. The molecule has 118 valence electrons. The lowest BCUT2D eigenvalue weighted by Crippen LogP contribution is -2.30. The molecule has 23 heavy (non-hydrogen) atoms. The molecule has 3 heterocycles. The van der Waals surface area contributed by atoms with E-state index in [0.29, 0.717) is 0 Å². The van der Waals surface area contributed by atoms with Gasteiger partial charge in [0, 0.05) is 55.4 Å². The summed E-state index contributed by atoms with van der Waals surface area (Å²) in [7, 11) is 2.12. The Morgan fingerprint density at radius 3 is 2.87 bits per heavy atom. The molecule has 0 unspecified atom stereocenters. The number of hydrogen-bond donors (Lipinski definition) is 1. The minimum absolute atomic E-state index is 0.962. The molecule has 0 atom stereocenters. The predicted octanol–water partition coefficient (Wildman–Crippen LogP) is 3.28. The van der Waals surface area contributed by atoms with Crippen molar-refractivity contribution in [3.63, 3.8) is 0 Å². The second-order valence-electron chi connectivity index (χ2n) is 6.43. The molecule has 0 radical (unpaired) electrons. The average molecular weight is 306 g/mol. The first-order valence-electron chi connectivity index (χ1n) is 8.16. The third kappa shape index (κ3) is 2.59. The van der Waals surface area contributed by atoms with Crippen LogP contribution in [0.5, 0.6) is 0 Å². The van der Waals surface area contributed by atoms with Crippen molar-refractivity contribution in [3.8, 4) is 11.3 Å². The molecule has 4 rings (SSSR count). The van der Waals surface area contributed by atoms with E-state index in [-0.39, 0.29) is 0 Å². The minimum atomic E-state index is 0.962. The Morgan fingerprint density at radius 1 is 1.22 bits per heavy atom. The fraction of sp³-hybridized carbons (Fsp3) is 0.316. The fourth-order valence-corrected chi connectivity index (χ4v) is 3.53. The number of rotatable bonds is 3. The number of nitrogens with zero attached hydrogens (tertiary/aromatic N) is 3. The first-order chi connectivity index (χ1) is 11.2. The van der Waals surface area contributed by atoms with Crippen LogP contribution in [-0.4, -0.2) is 26.2 Å². The van der Waals surface area contributed by atoms with E-state index in [1.54, 1.807) is 0 Å². The van der Waals surface area contributed by atoms with Gasteiger partial charge in [-0.25, -0.2) is 0 Å². The van der Waals surface area contributed by atoms with E-state index in [1.165, 1.54) is 33.6 Å². The highest BCUT2D eigenvalue weighted by Crippen LogP contribution is 2.31. The van der Waals surface area contributed by atoms with Gasteiger partial charge in [0.25, 0.3) is 0 Å². The van der Waals surface area contributed by atoms with Gasteiger partial charge in [0.1, 0.15) is 0 Å². The molecule has 4 nitrogen and oxygen atoms in total. The number of aromatic amines is 1. The molecule has 0 bridgehead atoms. The zero-order valence-corrected chi connectivity index (χ0v) is 13.7. The van der Waals surface area contributed by atoms with Crippen LogP contribution >= 0.6 is 0 Å². The van der Waals surface area contributed by atoms with Crippen molar-refractivity contribution < 1.29 is 0 Å². The van der Waals surface area contributed by atoms with Crippen LogP contribution in [-0.2, 0) is 26.6 Å². The lowest BCUT2D eigenvalue weighted by Gasteiger charge is -2.30. The van der Waals surface area contributed by atoms with Crippen LogP contribution in [0.3, 0.4) is 0 Å². The second-order valence-corrected chi connectivity index (χ2v) is 6.43. The van der Waals surface area contributed by atoms with E-state index in [9.17, 15) is 0 Å². The molecule has 1 N–H and O–H groups in total. The molecule has 0 amide bonds. The SMILES string of the molecule is Cc1[nH]ncc1CN1CCc2cccc(-c3cccn3C)c2C1. The van der Waals surface area contributed by atoms with Gasteiger partial charge in [-0.05, 0) is 36.6 Å². The van der Waals surface area contributed by atoms with Crippen molar-refractivity contribution in [1.29, 1.82) is 0 Å². The lowest BCUT2D eigenvalue weighted by atomic mass is 9.93. The molecule has 1 aliphatic rings. The van der Waals surface area contributed by atoms with E-state index in [1.807, 2.05) is 6.20 Å². The fourth-order valence-electron chi connectivity index (χ4n) is 3.53. The van der Waals surface area contributed by atoms with Gasteiger partial charge in [-0.3, -0.25) is 10.00 Å². The van der Waals surface area contributed by atoms with Gasteiger partial charge in [0.05, 0.1) is 6.20 Å². The van der Waals surface area contributed by atoms with Crippen molar-refractivity contribution in [1.82, 2.24) is 19.7 Å². The van der Waals surface area contributed by atoms with Gasteiger partial charge >= 0.3 is 0 Å². The number of fused-ring (bicyclic) bond motifs is 1. The van der Waals surface area contributed by atoms with Gasteiger partial charge in [-0.1, -0.05) is 18.2 Å². The molecular formula is C19H22N4. The summed E-state index contributed by atoms with van der Waals surface area (Å²) in [6, 6.07) is 11.0. The lowest BCUT2D eigenvalue weighted by molar-refractivity contribution is 0.245. The average Bonchev–Trinajstić information content (AvgIpc) is 3.16. The van der Waals surface area contributed by atoms with E-state index in [2.05, 4.69) is 70.2 Å². The Hall–Kier alpha value is -2.33. The van der Waals surface area contributed by atoms with Crippen LogP contribution in [0.1, 0.15) is 22.4 Å². The van der Waals surface area contributed by atoms with Crippen LogP contribution in [0.15, 0.2) is 42.7 Å². The summed E-state index contributed by atoms with van der Waals surface area (Å²) in [5, 5.41) is 7.18. The van der Waals surface area contributed by atoms with Gasteiger partial charge in [-0.2, -0.15) is 5.10 Å². The van der Waals surface area contributed by atoms with Gasteiger partial charge in [0.15, 0.2) is 0 Å². The van der Waals surface area contributed by atoms with Gasteiger partial charge in [0.2, 0.25) is 0 Å². The van der Waals surface area contributed by atoms with Crippen molar-refractivity contribution in [2.75, 3.05) is 6.54 Å². The Morgan fingerprint density at radius 2 is 2.13 bits per heavy atom. The second kappa shape index (κ2) is 5.70. The van der Waals surface area contributed by atoms with Crippen LogP contribution in [0.25, 0.3) is 11.3 Å². The summed E-state index contributed by atoms with van der Waals surface area (Å²) in [6.45, 7) is 5.16. The summed E-state index contributed by atoms with van der Waals surface area (Å²) in [6.07, 6.45) is 5.18. The van der Waals surface area contributed by atoms with E-state index < -0.39 is 0 Å². The Bertz CT molecular complexity index is 828. The molecule has 0 spiro atoms. The van der Waals surface area contributed by atoms with Gasteiger partial charge < -0.3 is 4.57 Å². The zero-order chi connectivity index (χ0) is 15.8. The normalized spacial score (nSPS) is 14.9. The highest BCUT2D eigenvalue weighted by Gasteiger charge is 2.21. The molecule has 2 aromatic heterocycles.